The van der Waals surface area contributed by atoms with E-state index in [2.05, 4.69) is 22.5 Å². The molecular weight excluding hydrogens is 559 g/mol. The van der Waals surface area contributed by atoms with Gasteiger partial charge in [0, 0.05) is 24.0 Å². The number of carboxylic acids is 1. The van der Waals surface area contributed by atoms with Gasteiger partial charge in [-0.25, -0.2) is 19.3 Å². The van der Waals surface area contributed by atoms with Crippen LogP contribution in [-0.4, -0.2) is 90.0 Å². The van der Waals surface area contributed by atoms with Crippen LogP contribution < -0.4 is 5.09 Å². The molecule has 0 aliphatic rings. The summed E-state index contributed by atoms with van der Waals surface area (Å²) in [6.45, 7) is 8.56. The molecule has 16 heteroatoms. The molecule has 0 heterocycles. The predicted molar refractivity (Wildman–Crippen MR) is 142 cm³/mol. The molecular formula is C23H39N2O12PS. The van der Waals surface area contributed by atoms with E-state index in [1.165, 1.54) is 24.6 Å². The number of thiol groups is 1. The molecule has 224 valence electrons. The number of nitrogens with zero attached hydrogens (tertiary/aromatic N) is 1. The van der Waals surface area contributed by atoms with Crippen molar-refractivity contribution in [3.05, 3.63) is 11.6 Å². The molecule has 0 aliphatic carbocycles. The lowest BCUT2D eigenvalue weighted by atomic mass is 10.1. The Kier molecular flexibility index (Phi) is 17.4. The minimum absolute atomic E-state index is 0.0679. The maximum Gasteiger partial charge on any atom is 0.511 e. The average molecular weight is 599 g/mol. The van der Waals surface area contributed by atoms with E-state index in [4.69, 9.17) is 24.1 Å². The zero-order valence-corrected chi connectivity index (χ0v) is 24.8. The number of carbonyl (C=O) groups is 5. The summed E-state index contributed by atoms with van der Waals surface area (Å²) in [6, 6.07) is -2.16. The van der Waals surface area contributed by atoms with Crippen LogP contribution in [0.2, 0.25) is 0 Å². The Balaban J connectivity index is 6.13. The summed E-state index contributed by atoms with van der Waals surface area (Å²) in [4.78, 5) is 60.0. The second kappa shape index (κ2) is 18.6. The molecule has 0 bridgehead atoms. The lowest BCUT2D eigenvalue weighted by Crippen LogP contribution is -2.44. The van der Waals surface area contributed by atoms with Crippen LogP contribution in [-0.2, 0) is 47.4 Å². The molecule has 0 aromatic heterocycles. The molecule has 0 rings (SSSR count). The van der Waals surface area contributed by atoms with Crippen LogP contribution in [0.3, 0.4) is 0 Å². The van der Waals surface area contributed by atoms with Crippen molar-refractivity contribution < 1.29 is 57.3 Å². The molecule has 0 saturated carbocycles. The van der Waals surface area contributed by atoms with Gasteiger partial charge in [-0.05, 0) is 48.0 Å². The van der Waals surface area contributed by atoms with E-state index in [1.54, 1.807) is 27.7 Å². The molecule has 3 atom stereocenters. The van der Waals surface area contributed by atoms with Gasteiger partial charge in [-0.3, -0.25) is 18.9 Å². The summed E-state index contributed by atoms with van der Waals surface area (Å²) in [5.41, 5.74) is -0.188. The van der Waals surface area contributed by atoms with Gasteiger partial charge in [-0.2, -0.15) is 12.6 Å². The molecule has 0 fully saturated rings. The van der Waals surface area contributed by atoms with Gasteiger partial charge in [0.15, 0.2) is 0 Å². The monoisotopic (exact) mass is 598 g/mol. The van der Waals surface area contributed by atoms with Gasteiger partial charge in [0.2, 0.25) is 14.2 Å². The first-order chi connectivity index (χ1) is 18.2. The maximum absolute atomic E-state index is 14.2. The fourth-order valence-corrected chi connectivity index (χ4v) is 6.31. The zero-order chi connectivity index (χ0) is 30.2. The number of hydrogen-bond acceptors (Lipinski definition) is 12. The summed E-state index contributed by atoms with van der Waals surface area (Å²) in [5, 5.41) is 11.8. The Bertz CT molecular complexity index is 927. The number of aliphatic carboxylic acids is 1. The topological polar surface area (TPSA) is 184 Å². The Morgan fingerprint density at radius 1 is 0.949 bits per heavy atom. The first-order valence-corrected chi connectivity index (χ1v) is 14.7. The number of hydrogen-bond donors (Lipinski definition) is 3. The van der Waals surface area contributed by atoms with Crippen LogP contribution in [0.25, 0.3) is 0 Å². The SMILES string of the molecule is CCOC(=O)[C@H](C)NP(=O)(CC=C(CCC(=O)O)C(=O)OCOC(=O)OC(C)C)N(CS)[C@@H](C)C(=O)OCC. The second-order valence-electron chi connectivity index (χ2n) is 8.23. The van der Waals surface area contributed by atoms with Crippen molar-refractivity contribution in [2.75, 3.05) is 32.0 Å². The highest BCUT2D eigenvalue weighted by molar-refractivity contribution is 7.80. The highest BCUT2D eigenvalue weighted by atomic mass is 32.1. The molecule has 0 saturated heterocycles. The maximum atomic E-state index is 14.2. The van der Waals surface area contributed by atoms with Gasteiger partial charge >= 0.3 is 30.0 Å². The Morgan fingerprint density at radius 3 is 2.05 bits per heavy atom. The van der Waals surface area contributed by atoms with Crippen molar-refractivity contribution in [1.82, 2.24) is 9.76 Å². The van der Waals surface area contributed by atoms with Crippen LogP contribution in [0, 0.1) is 0 Å². The van der Waals surface area contributed by atoms with Crippen LogP contribution in [0.4, 0.5) is 4.79 Å². The summed E-state index contributed by atoms with van der Waals surface area (Å²) < 4.78 is 39.7. The highest BCUT2D eigenvalue weighted by Gasteiger charge is 2.39. The van der Waals surface area contributed by atoms with Gasteiger partial charge in [0.25, 0.3) is 0 Å². The first kappa shape index (κ1) is 36.4. The van der Waals surface area contributed by atoms with Crippen molar-refractivity contribution in [2.24, 2.45) is 0 Å². The highest BCUT2D eigenvalue weighted by Crippen LogP contribution is 2.48. The third-order valence-electron chi connectivity index (χ3n) is 4.82. The third-order valence-corrected chi connectivity index (χ3v) is 8.14. The van der Waals surface area contributed by atoms with E-state index in [0.717, 1.165) is 0 Å². The molecule has 0 aliphatic heterocycles. The standard InChI is InChI=1S/C23H39N2O12PS/c1-7-33-20(28)16(5)24-38(32,25(13-39)17(6)21(29)34-8-2)12-11-18(9-10-19(26)27)22(30)35-14-36-23(31)37-15(3)4/h11,15-17,39H,7-10,12-14H2,1-6H3,(H,24,32)(H,26,27)/t16-,17-,38?/m0/s1. The largest absolute Gasteiger partial charge is 0.511 e. The van der Waals surface area contributed by atoms with E-state index in [-0.39, 0.29) is 31.1 Å². The van der Waals surface area contributed by atoms with E-state index < -0.39 is 75.0 Å². The van der Waals surface area contributed by atoms with Gasteiger partial charge in [-0.1, -0.05) is 6.08 Å². The van der Waals surface area contributed by atoms with Crippen LogP contribution in [0.5, 0.6) is 0 Å². The second-order valence-corrected chi connectivity index (χ2v) is 11.1. The lowest BCUT2D eigenvalue weighted by molar-refractivity contribution is -0.149. The third kappa shape index (κ3) is 13.8. The predicted octanol–water partition coefficient (Wildman–Crippen LogP) is 2.72. The van der Waals surface area contributed by atoms with E-state index in [0.29, 0.717) is 0 Å². The van der Waals surface area contributed by atoms with Gasteiger partial charge in [0.1, 0.15) is 12.1 Å². The number of allylic oxidation sites excluding steroid dienone is 1. The Hall–Kier alpha value is -2.61. The van der Waals surface area contributed by atoms with Crippen molar-refractivity contribution in [3.63, 3.8) is 0 Å². The average Bonchev–Trinajstić information content (AvgIpc) is 2.83. The molecule has 2 N–H and O–H groups in total. The van der Waals surface area contributed by atoms with Crippen molar-refractivity contribution in [3.8, 4) is 0 Å². The normalized spacial score (nSPS) is 14.6. The van der Waals surface area contributed by atoms with E-state index in [1.807, 2.05) is 0 Å². The quantitative estimate of drug-likeness (QED) is 0.0522. The van der Waals surface area contributed by atoms with Gasteiger partial charge in [0.05, 0.1) is 19.3 Å². The molecule has 0 aromatic carbocycles. The van der Waals surface area contributed by atoms with Crippen molar-refractivity contribution in [2.45, 2.75) is 72.6 Å². The summed E-state index contributed by atoms with van der Waals surface area (Å²) in [5.74, 6) is -3.86. The van der Waals surface area contributed by atoms with Crippen LogP contribution >= 0.6 is 20.1 Å². The van der Waals surface area contributed by atoms with Crippen molar-refractivity contribution in [1.29, 1.82) is 0 Å². The summed E-state index contributed by atoms with van der Waals surface area (Å²) in [6.07, 6.45) is -1.59. The molecule has 0 aromatic rings. The number of ether oxygens (including phenoxy) is 5. The van der Waals surface area contributed by atoms with E-state index in [9.17, 15) is 28.5 Å². The fraction of sp³-hybridized carbons (Fsp3) is 0.696. The van der Waals surface area contributed by atoms with E-state index >= 15 is 0 Å². The number of nitrogens with one attached hydrogen (secondary N) is 1. The van der Waals surface area contributed by atoms with Gasteiger partial charge < -0.3 is 28.8 Å². The Labute approximate surface area is 233 Å². The van der Waals surface area contributed by atoms with Crippen LogP contribution in [0.1, 0.15) is 54.4 Å². The number of carbonyl (C=O) groups excluding carboxylic acids is 4. The molecule has 0 amide bonds. The summed E-state index contributed by atoms with van der Waals surface area (Å²) in [7, 11) is -3.93. The number of rotatable bonds is 18. The molecule has 0 radical (unpaired) electrons. The zero-order valence-electron chi connectivity index (χ0n) is 23.0. The van der Waals surface area contributed by atoms with Crippen LogP contribution in [0.15, 0.2) is 11.6 Å². The lowest BCUT2D eigenvalue weighted by Gasteiger charge is -2.35. The minimum atomic E-state index is -3.93. The molecule has 0 spiro atoms. The molecule has 39 heavy (non-hydrogen) atoms. The summed E-state index contributed by atoms with van der Waals surface area (Å²) >= 11 is 4.21. The first-order valence-electron chi connectivity index (χ1n) is 12.2. The minimum Gasteiger partial charge on any atom is -0.481 e. The molecule has 14 nitrogen and oxygen atoms in total. The van der Waals surface area contributed by atoms with Gasteiger partial charge in [-0.15, -0.1) is 0 Å². The smallest absolute Gasteiger partial charge is 0.481 e. The number of carboxylic acid groups (broad SMARTS) is 1. The Morgan fingerprint density at radius 2 is 1.54 bits per heavy atom. The fourth-order valence-electron chi connectivity index (χ4n) is 2.96. The van der Waals surface area contributed by atoms with Crippen molar-refractivity contribution >= 4 is 50.1 Å². The molecule has 1 unspecified atom stereocenters. The number of esters is 3.